The Morgan fingerprint density at radius 1 is 1.23 bits per heavy atom. The number of carboxylic acids is 1. The summed E-state index contributed by atoms with van der Waals surface area (Å²) in [6.07, 6.45) is 1.84. The van der Waals surface area contributed by atoms with E-state index in [1.165, 1.54) is 6.92 Å². The number of fused-ring (bicyclic) bond motifs is 1. The van der Waals surface area contributed by atoms with Crippen molar-refractivity contribution in [1.29, 1.82) is 0 Å². The van der Waals surface area contributed by atoms with Gasteiger partial charge in [-0.1, -0.05) is 18.2 Å². The number of nitrogens with one attached hydrogen (secondary N) is 3. The van der Waals surface area contributed by atoms with Crippen LogP contribution in [0.4, 0.5) is 0 Å². The van der Waals surface area contributed by atoms with Gasteiger partial charge in [0.15, 0.2) is 0 Å². The Morgan fingerprint density at radius 2 is 1.92 bits per heavy atom. The van der Waals surface area contributed by atoms with E-state index in [1.54, 1.807) is 6.20 Å². The molecule has 8 nitrogen and oxygen atoms in total. The number of rotatable bonds is 8. The van der Waals surface area contributed by atoms with Crippen molar-refractivity contribution in [2.45, 2.75) is 31.5 Å². The number of aromatic amines is 1. The lowest BCUT2D eigenvalue weighted by Crippen LogP contribution is -2.54. The molecule has 9 heteroatoms. The molecule has 0 spiro atoms. The molecule has 0 bridgehead atoms. The van der Waals surface area contributed by atoms with E-state index < -0.39 is 35.9 Å². The molecular formula is C17H22N4O4S. The van der Waals surface area contributed by atoms with Gasteiger partial charge in [0, 0.05) is 29.3 Å². The Kier molecular flexibility index (Phi) is 6.64. The van der Waals surface area contributed by atoms with Crippen molar-refractivity contribution >= 4 is 41.3 Å². The highest BCUT2D eigenvalue weighted by Gasteiger charge is 2.26. The van der Waals surface area contributed by atoms with Gasteiger partial charge in [0.1, 0.15) is 12.1 Å². The number of carboxylic acid groups (broad SMARTS) is 1. The quantitative estimate of drug-likeness (QED) is 0.360. The minimum absolute atomic E-state index is 0.113. The lowest BCUT2D eigenvalue weighted by Gasteiger charge is -2.19. The van der Waals surface area contributed by atoms with Crippen LogP contribution < -0.4 is 16.4 Å². The number of aliphatic carboxylic acids is 1. The van der Waals surface area contributed by atoms with E-state index in [-0.39, 0.29) is 12.2 Å². The zero-order chi connectivity index (χ0) is 19.3. The average molecular weight is 378 g/mol. The third-order valence-electron chi connectivity index (χ3n) is 4.00. The zero-order valence-corrected chi connectivity index (χ0v) is 15.1. The molecule has 1 aromatic heterocycles. The van der Waals surface area contributed by atoms with Crippen molar-refractivity contribution in [2.75, 3.05) is 5.75 Å². The van der Waals surface area contributed by atoms with Crippen LogP contribution in [-0.2, 0) is 20.8 Å². The number of H-pyrrole nitrogens is 1. The molecule has 0 aliphatic carbocycles. The molecule has 0 radical (unpaired) electrons. The van der Waals surface area contributed by atoms with Crippen molar-refractivity contribution in [3.05, 3.63) is 36.0 Å². The highest BCUT2D eigenvalue weighted by Crippen LogP contribution is 2.19. The van der Waals surface area contributed by atoms with Gasteiger partial charge < -0.3 is 26.5 Å². The van der Waals surface area contributed by atoms with Crippen molar-refractivity contribution in [2.24, 2.45) is 5.73 Å². The Balaban J connectivity index is 2.04. The van der Waals surface area contributed by atoms with Crippen LogP contribution in [0.1, 0.15) is 12.5 Å². The average Bonchev–Trinajstić information content (AvgIpc) is 3.03. The van der Waals surface area contributed by atoms with E-state index in [4.69, 9.17) is 5.73 Å². The SMILES string of the molecule is C[C@H](NC(=O)[C@@H](N)CS)C(=O)N[C@@H](Cc1c[nH]c2ccccc12)C(=O)O. The second-order valence-electron chi connectivity index (χ2n) is 5.98. The number of carbonyl (C=O) groups excluding carboxylic acids is 2. The predicted octanol–water partition coefficient (Wildman–Crippen LogP) is 0.0416. The third-order valence-corrected chi connectivity index (χ3v) is 4.39. The maximum atomic E-state index is 12.2. The van der Waals surface area contributed by atoms with Crippen LogP contribution in [-0.4, -0.2) is 51.8 Å². The molecule has 2 aromatic rings. The monoisotopic (exact) mass is 378 g/mol. The fourth-order valence-electron chi connectivity index (χ4n) is 2.49. The first-order valence-corrected chi connectivity index (χ1v) is 8.71. The second kappa shape index (κ2) is 8.72. The van der Waals surface area contributed by atoms with E-state index in [0.717, 1.165) is 16.5 Å². The molecule has 0 saturated carbocycles. The summed E-state index contributed by atoms with van der Waals surface area (Å²) in [4.78, 5) is 38.6. The molecule has 0 aliphatic rings. The molecule has 26 heavy (non-hydrogen) atoms. The highest BCUT2D eigenvalue weighted by molar-refractivity contribution is 7.80. The fraction of sp³-hybridized carbons (Fsp3) is 0.353. The van der Waals surface area contributed by atoms with E-state index >= 15 is 0 Å². The number of hydrogen-bond donors (Lipinski definition) is 6. The molecule has 0 fully saturated rings. The topological polar surface area (TPSA) is 137 Å². The first-order valence-electron chi connectivity index (χ1n) is 8.08. The molecule has 0 aliphatic heterocycles. The minimum atomic E-state index is -1.16. The van der Waals surface area contributed by atoms with Crippen LogP contribution in [0.2, 0.25) is 0 Å². The molecule has 2 rings (SSSR count). The molecule has 0 unspecified atom stereocenters. The largest absolute Gasteiger partial charge is 0.480 e. The summed E-state index contributed by atoms with van der Waals surface area (Å²) >= 11 is 3.92. The first kappa shape index (κ1) is 19.8. The Bertz CT molecular complexity index is 807. The van der Waals surface area contributed by atoms with Crippen LogP contribution in [0.15, 0.2) is 30.5 Å². The molecular weight excluding hydrogens is 356 g/mol. The summed E-state index contributed by atoms with van der Waals surface area (Å²) in [7, 11) is 0. The maximum Gasteiger partial charge on any atom is 0.326 e. The summed E-state index contributed by atoms with van der Waals surface area (Å²) in [5.41, 5.74) is 7.21. The van der Waals surface area contributed by atoms with Gasteiger partial charge in [-0.25, -0.2) is 4.79 Å². The van der Waals surface area contributed by atoms with Gasteiger partial charge in [-0.15, -0.1) is 0 Å². The molecule has 1 aromatic carbocycles. The van der Waals surface area contributed by atoms with Gasteiger partial charge in [-0.05, 0) is 18.6 Å². The normalized spacial score (nSPS) is 14.4. The zero-order valence-electron chi connectivity index (χ0n) is 14.2. The summed E-state index contributed by atoms with van der Waals surface area (Å²) in [5, 5.41) is 15.2. The van der Waals surface area contributed by atoms with Gasteiger partial charge in [0.25, 0.3) is 0 Å². The number of nitrogens with two attached hydrogens (primary N) is 1. The number of hydrogen-bond acceptors (Lipinski definition) is 5. The number of aromatic nitrogens is 1. The van der Waals surface area contributed by atoms with Gasteiger partial charge in [0.2, 0.25) is 11.8 Å². The van der Waals surface area contributed by atoms with Gasteiger partial charge in [0.05, 0.1) is 6.04 Å². The van der Waals surface area contributed by atoms with Gasteiger partial charge in [-0.2, -0.15) is 12.6 Å². The Labute approximate surface area is 155 Å². The van der Waals surface area contributed by atoms with Crippen molar-refractivity contribution in [1.82, 2.24) is 15.6 Å². The molecule has 0 saturated heterocycles. The lowest BCUT2D eigenvalue weighted by atomic mass is 10.0. The number of amides is 2. The van der Waals surface area contributed by atoms with Crippen LogP contribution in [0, 0.1) is 0 Å². The summed E-state index contributed by atoms with van der Waals surface area (Å²) in [6, 6.07) is 4.61. The molecule has 1 heterocycles. The molecule has 140 valence electrons. The van der Waals surface area contributed by atoms with Crippen molar-refractivity contribution < 1.29 is 19.5 Å². The van der Waals surface area contributed by atoms with Crippen LogP contribution in [0.5, 0.6) is 0 Å². The summed E-state index contributed by atoms with van der Waals surface area (Å²) in [6.45, 7) is 1.46. The van der Waals surface area contributed by atoms with Crippen molar-refractivity contribution in [3.63, 3.8) is 0 Å². The Morgan fingerprint density at radius 3 is 2.58 bits per heavy atom. The maximum absolute atomic E-state index is 12.2. The molecule has 3 atom stereocenters. The van der Waals surface area contributed by atoms with E-state index in [2.05, 4.69) is 28.2 Å². The van der Waals surface area contributed by atoms with E-state index in [9.17, 15) is 19.5 Å². The van der Waals surface area contributed by atoms with Crippen LogP contribution in [0.3, 0.4) is 0 Å². The fourth-order valence-corrected chi connectivity index (χ4v) is 2.65. The first-order chi connectivity index (χ1) is 12.3. The van der Waals surface area contributed by atoms with Crippen molar-refractivity contribution in [3.8, 4) is 0 Å². The van der Waals surface area contributed by atoms with E-state index in [0.29, 0.717) is 0 Å². The van der Waals surface area contributed by atoms with Crippen LogP contribution >= 0.6 is 12.6 Å². The second-order valence-corrected chi connectivity index (χ2v) is 6.35. The number of thiol groups is 1. The van der Waals surface area contributed by atoms with Crippen LogP contribution in [0.25, 0.3) is 10.9 Å². The summed E-state index contributed by atoms with van der Waals surface area (Å²) in [5.74, 6) is -2.14. The highest BCUT2D eigenvalue weighted by atomic mass is 32.1. The number of para-hydroxylation sites is 1. The predicted molar refractivity (Wildman–Crippen MR) is 101 cm³/mol. The number of benzene rings is 1. The minimum Gasteiger partial charge on any atom is -0.480 e. The van der Waals surface area contributed by atoms with Gasteiger partial charge >= 0.3 is 5.97 Å². The lowest BCUT2D eigenvalue weighted by molar-refractivity contribution is -0.142. The van der Waals surface area contributed by atoms with E-state index in [1.807, 2.05) is 24.3 Å². The molecule has 2 amide bonds. The Hall–Kier alpha value is -2.52. The van der Waals surface area contributed by atoms with Gasteiger partial charge in [-0.3, -0.25) is 9.59 Å². The third kappa shape index (κ3) is 4.77. The standard InChI is InChI=1S/C17H22N4O4S/c1-9(20-16(23)12(18)8-26)15(22)21-14(17(24)25)6-10-7-19-13-5-3-2-4-11(10)13/h2-5,7,9,12,14,19,26H,6,8,18H2,1H3,(H,20,23)(H,21,22)(H,24,25)/t9-,12-,14-/m0/s1. The number of carbonyl (C=O) groups is 3. The smallest absolute Gasteiger partial charge is 0.326 e. The summed E-state index contributed by atoms with van der Waals surface area (Å²) < 4.78 is 0. The molecule has 6 N–H and O–H groups in total.